The van der Waals surface area contributed by atoms with Crippen LogP contribution in [0.2, 0.25) is 0 Å². The summed E-state index contributed by atoms with van der Waals surface area (Å²) in [5.41, 5.74) is 11.5. The normalized spacial score (nSPS) is 12.9. The van der Waals surface area contributed by atoms with E-state index < -0.39 is 11.8 Å². The number of carbonyl (C=O) groups is 2. The molecule has 4 N–H and O–H groups in total. The van der Waals surface area contributed by atoms with Gasteiger partial charge in [0.2, 0.25) is 11.8 Å². The lowest BCUT2D eigenvalue weighted by atomic mass is 9.83. The lowest BCUT2D eigenvalue weighted by Gasteiger charge is -2.22. The molecule has 2 atom stereocenters. The van der Waals surface area contributed by atoms with Crippen molar-refractivity contribution in [2.24, 2.45) is 23.3 Å². The second-order valence-corrected chi connectivity index (χ2v) is 12.8. The molecule has 2 unspecified atom stereocenters. The summed E-state index contributed by atoms with van der Waals surface area (Å²) in [5.74, 6) is -1.47. The van der Waals surface area contributed by atoms with Crippen LogP contribution in [0.5, 0.6) is 0 Å². The molecule has 0 heterocycles. The molecule has 2 amide bonds. The van der Waals surface area contributed by atoms with Gasteiger partial charge >= 0.3 is 0 Å². The summed E-state index contributed by atoms with van der Waals surface area (Å²) in [5, 5.41) is 0. The minimum Gasteiger partial charge on any atom is -0.369 e. The standard InChI is InChI=1S/C36H72N2O2/c1-3-5-7-9-11-13-15-17-19-21-23-25-27-29-31-33(35(37)39)34(36(38)40)32-30-28-26-24-22-20-18-16-14-12-10-8-6-4-2/h33-34H,3-32H2,1-2H3,(H2,37,39)(H2,38,40). The summed E-state index contributed by atoms with van der Waals surface area (Å²) in [7, 11) is 0. The van der Waals surface area contributed by atoms with Crippen LogP contribution in [0.4, 0.5) is 0 Å². The van der Waals surface area contributed by atoms with E-state index in [-0.39, 0.29) is 11.8 Å². The molecular weight excluding hydrogens is 492 g/mol. The highest BCUT2D eigenvalue weighted by atomic mass is 16.2. The van der Waals surface area contributed by atoms with Crippen molar-refractivity contribution in [1.82, 2.24) is 0 Å². The minimum atomic E-state index is -0.392. The highest BCUT2D eigenvalue weighted by Gasteiger charge is 2.29. The SMILES string of the molecule is CCCCCCCCCCCCCCCCC(C(N)=O)C(CCCCCCCCCCCCCCCC)C(N)=O. The van der Waals surface area contributed by atoms with E-state index in [0.717, 1.165) is 25.7 Å². The third kappa shape index (κ3) is 25.9. The van der Waals surface area contributed by atoms with Gasteiger partial charge in [-0.3, -0.25) is 9.59 Å². The van der Waals surface area contributed by atoms with Crippen LogP contribution < -0.4 is 11.5 Å². The van der Waals surface area contributed by atoms with Gasteiger partial charge in [0.1, 0.15) is 0 Å². The summed E-state index contributed by atoms with van der Waals surface area (Å²) in [6, 6.07) is 0. The number of hydrogen-bond acceptors (Lipinski definition) is 2. The molecule has 0 aliphatic carbocycles. The predicted octanol–water partition coefficient (Wildman–Crippen LogP) is 10.9. The van der Waals surface area contributed by atoms with E-state index in [1.807, 2.05) is 0 Å². The van der Waals surface area contributed by atoms with Gasteiger partial charge in [0.25, 0.3) is 0 Å². The van der Waals surface area contributed by atoms with Crippen molar-refractivity contribution in [2.75, 3.05) is 0 Å². The molecule has 0 bridgehead atoms. The number of amides is 2. The highest BCUT2D eigenvalue weighted by molar-refractivity contribution is 5.85. The largest absolute Gasteiger partial charge is 0.369 e. The van der Waals surface area contributed by atoms with Crippen LogP contribution in [-0.4, -0.2) is 11.8 Å². The van der Waals surface area contributed by atoms with Gasteiger partial charge in [-0.15, -0.1) is 0 Å². The highest BCUT2D eigenvalue weighted by Crippen LogP contribution is 2.25. The van der Waals surface area contributed by atoms with Crippen LogP contribution in [0.15, 0.2) is 0 Å². The summed E-state index contributed by atoms with van der Waals surface area (Å²) in [4.78, 5) is 24.3. The third-order valence-electron chi connectivity index (χ3n) is 8.95. The van der Waals surface area contributed by atoms with E-state index in [1.54, 1.807) is 0 Å². The number of carbonyl (C=O) groups excluding carboxylic acids is 2. The Balaban J connectivity index is 3.81. The molecule has 0 aliphatic rings. The minimum absolute atomic E-state index is 0.344. The first-order valence-corrected chi connectivity index (χ1v) is 18.1. The van der Waals surface area contributed by atoms with Crippen LogP contribution in [0.1, 0.15) is 206 Å². The average Bonchev–Trinajstić information content (AvgIpc) is 2.93. The van der Waals surface area contributed by atoms with Gasteiger partial charge < -0.3 is 11.5 Å². The van der Waals surface area contributed by atoms with Crippen LogP contribution in [0.25, 0.3) is 0 Å². The Morgan fingerprint density at radius 3 is 0.700 bits per heavy atom. The molecule has 0 aliphatic heterocycles. The van der Waals surface area contributed by atoms with Gasteiger partial charge in [0.05, 0.1) is 0 Å². The number of unbranched alkanes of at least 4 members (excludes halogenated alkanes) is 26. The molecule has 0 radical (unpaired) electrons. The third-order valence-corrected chi connectivity index (χ3v) is 8.95. The van der Waals surface area contributed by atoms with Crippen molar-refractivity contribution in [2.45, 2.75) is 206 Å². The van der Waals surface area contributed by atoms with E-state index in [0.29, 0.717) is 12.8 Å². The predicted molar refractivity (Wildman–Crippen MR) is 175 cm³/mol. The Kier molecular flexibility index (Phi) is 30.1. The van der Waals surface area contributed by atoms with Crippen LogP contribution in [0, 0.1) is 11.8 Å². The maximum absolute atomic E-state index is 12.2. The summed E-state index contributed by atoms with van der Waals surface area (Å²) < 4.78 is 0. The molecule has 0 spiro atoms. The smallest absolute Gasteiger partial charge is 0.221 e. The second kappa shape index (κ2) is 30.9. The molecule has 4 heteroatoms. The van der Waals surface area contributed by atoms with E-state index in [1.165, 1.54) is 154 Å². The molecule has 238 valence electrons. The van der Waals surface area contributed by atoms with Crippen molar-refractivity contribution in [3.8, 4) is 0 Å². The van der Waals surface area contributed by atoms with Crippen molar-refractivity contribution in [3.63, 3.8) is 0 Å². The summed E-state index contributed by atoms with van der Waals surface area (Å²) in [6.45, 7) is 4.55. The van der Waals surface area contributed by atoms with Crippen molar-refractivity contribution >= 4 is 11.8 Å². The quantitative estimate of drug-likeness (QED) is 0.0776. The maximum Gasteiger partial charge on any atom is 0.221 e. The molecular formula is C36H72N2O2. The zero-order valence-electron chi connectivity index (χ0n) is 27.3. The van der Waals surface area contributed by atoms with E-state index in [2.05, 4.69) is 13.8 Å². The number of hydrogen-bond donors (Lipinski definition) is 2. The Labute approximate surface area is 251 Å². The molecule has 0 fully saturated rings. The summed E-state index contributed by atoms with van der Waals surface area (Å²) in [6.07, 6.45) is 38.1. The molecule has 0 aromatic carbocycles. The Morgan fingerprint density at radius 1 is 0.350 bits per heavy atom. The molecule has 0 rings (SSSR count). The topological polar surface area (TPSA) is 86.2 Å². The molecule has 0 saturated heterocycles. The number of primary amides is 2. The van der Waals surface area contributed by atoms with Crippen molar-refractivity contribution in [1.29, 1.82) is 0 Å². The van der Waals surface area contributed by atoms with Crippen molar-refractivity contribution in [3.05, 3.63) is 0 Å². The lowest BCUT2D eigenvalue weighted by Crippen LogP contribution is -2.37. The first-order valence-electron chi connectivity index (χ1n) is 18.1. The van der Waals surface area contributed by atoms with Crippen LogP contribution in [0.3, 0.4) is 0 Å². The van der Waals surface area contributed by atoms with Crippen molar-refractivity contribution < 1.29 is 9.59 Å². The lowest BCUT2D eigenvalue weighted by molar-refractivity contribution is -0.132. The molecule has 4 nitrogen and oxygen atoms in total. The van der Waals surface area contributed by atoms with Gasteiger partial charge in [-0.05, 0) is 12.8 Å². The molecule has 0 saturated carbocycles. The van der Waals surface area contributed by atoms with Gasteiger partial charge in [-0.1, -0.05) is 194 Å². The average molecular weight is 565 g/mol. The number of nitrogens with two attached hydrogens (primary N) is 2. The molecule has 40 heavy (non-hydrogen) atoms. The first-order chi connectivity index (χ1) is 19.5. The number of rotatable bonds is 33. The Hall–Kier alpha value is -1.06. The van der Waals surface area contributed by atoms with Crippen LogP contribution in [-0.2, 0) is 9.59 Å². The Morgan fingerprint density at radius 2 is 0.525 bits per heavy atom. The summed E-state index contributed by atoms with van der Waals surface area (Å²) >= 11 is 0. The van der Waals surface area contributed by atoms with E-state index in [4.69, 9.17) is 11.5 Å². The van der Waals surface area contributed by atoms with Gasteiger partial charge in [0, 0.05) is 11.8 Å². The fourth-order valence-electron chi connectivity index (χ4n) is 6.20. The first kappa shape index (κ1) is 38.9. The van der Waals surface area contributed by atoms with Gasteiger partial charge in [0.15, 0.2) is 0 Å². The van der Waals surface area contributed by atoms with Gasteiger partial charge in [-0.25, -0.2) is 0 Å². The maximum atomic E-state index is 12.2. The van der Waals surface area contributed by atoms with E-state index in [9.17, 15) is 9.59 Å². The van der Waals surface area contributed by atoms with Gasteiger partial charge in [-0.2, -0.15) is 0 Å². The zero-order chi connectivity index (χ0) is 29.5. The second-order valence-electron chi connectivity index (χ2n) is 12.8. The fraction of sp³-hybridized carbons (Fsp3) is 0.944. The monoisotopic (exact) mass is 565 g/mol. The molecule has 0 aromatic rings. The van der Waals surface area contributed by atoms with E-state index >= 15 is 0 Å². The Bertz CT molecular complexity index is 503. The fourth-order valence-corrected chi connectivity index (χ4v) is 6.20. The molecule has 0 aromatic heterocycles. The van der Waals surface area contributed by atoms with Crippen LogP contribution >= 0.6 is 0 Å². The zero-order valence-corrected chi connectivity index (χ0v) is 27.3.